The maximum absolute atomic E-state index is 12.7. The molecule has 0 spiro atoms. The summed E-state index contributed by atoms with van der Waals surface area (Å²) in [5.74, 6) is -1.30. The number of hydrogen-bond acceptors (Lipinski definition) is 6. The number of aliphatic carboxylic acids is 1. The summed E-state index contributed by atoms with van der Waals surface area (Å²) < 4.78 is 0. The zero-order valence-electron chi connectivity index (χ0n) is 15.9. The Bertz CT molecular complexity index is 608. The van der Waals surface area contributed by atoms with E-state index >= 15 is 0 Å². The van der Waals surface area contributed by atoms with Gasteiger partial charge in [-0.2, -0.15) is 11.8 Å². The molecule has 1 aromatic rings. The Morgan fingerprint density at radius 2 is 1.93 bits per heavy atom. The van der Waals surface area contributed by atoms with E-state index in [9.17, 15) is 19.5 Å². The Hall–Kier alpha value is -2.07. The molecule has 6 N–H and O–H groups in total. The van der Waals surface area contributed by atoms with Gasteiger partial charge in [0.25, 0.3) is 0 Å². The van der Waals surface area contributed by atoms with Gasteiger partial charge in [-0.1, -0.05) is 13.8 Å². The molecule has 10 heteroatoms. The fraction of sp³-hybridized carbons (Fsp3) is 0.647. The smallest absolute Gasteiger partial charge is 0.326 e. The third-order valence-electron chi connectivity index (χ3n) is 3.90. The molecule has 9 nitrogen and oxygen atoms in total. The Labute approximate surface area is 163 Å². The second-order valence-corrected chi connectivity index (χ2v) is 7.74. The number of imidazole rings is 1. The van der Waals surface area contributed by atoms with E-state index in [0.29, 0.717) is 24.3 Å². The van der Waals surface area contributed by atoms with Crippen molar-refractivity contribution < 1.29 is 19.5 Å². The summed E-state index contributed by atoms with van der Waals surface area (Å²) in [6.07, 6.45) is 5.80. The van der Waals surface area contributed by atoms with E-state index in [1.54, 1.807) is 6.20 Å². The molecular formula is C17H29N5O4S. The number of rotatable bonds is 12. The molecule has 2 amide bonds. The molecule has 0 fully saturated rings. The fourth-order valence-electron chi connectivity index (χ4n) is 2.48. The molecule has 0 aliphatic heterocycles. The molecule has 3 atom stereocenters. The Morgan fingerprint density at radius 1 is 1.26 bits per heavy atom. The van der Waals surface area contributed by atoms with Crippen LogP contribution in [-0.4, -0.2) is 63.0 Å². The lowest BCUT2D eigenvalue weighted by Crippen LogP contribution is -2.55. The Morgan fingerprint density at radius 3 is 2.44 bits per heavy atom. The largest absolute Gasteiger partial charge is 0.480 e. The van der Waals surface area contributed by atoms with Gasteiger partial charge < -0.3 is 26.5 Å². The van der Waals surface area contributed by atoms with Crippen molar-refractivity contribution in [3.05, 3.63) is 18.2 Å². The van der Waals surface area contributed by atoms with Crippen LogP contribution in [0.1, 0.15) is 32.4 Å². The van der Waals surface area contributed by atoms with Crippen LogP contribution >= 0.6 is 11.8 Å². The van der Waals surface area contributed by atoms with Gasteiger partial charge in [0.1, 0.15) is 12.1 Å². The summed E-state index contributed by atoms with van der Waals surface area (Å²) in [7, 11) is 0. The molecule has 1 heterocycles. The number of thioether (sulfide) groups is 1. The molecule has 1 rings (SSSR count). The van der Waals surface area contributed by atoms with Gasteiger partial charge in [0.15, 0.2) is 0 Å². The molecule has 0 radical (unpaired) electrons. The van der Waals surface area contributed by atoms with Gasteiger partial charge in [-0.3, -0.25) is 9.59 Å². The molecule has 1 aromatic heterocycles. The second-order valence-electron chi connectivity index (χ2n) is 6.76. The van der Waals surface area contributed by atoms with Gasteiger partial charge in [0, 0.05) is 18.3 Å². The van der Waals surface area contributed by atoms with Crippen LogP contribution in [0.15, 0.2) is 12.5 Å². The highest BCUT2D eigenvalue weighted by Gasteiger charge is 2.28. The lowest BCUT2D eigenvalue weighted by atomic mass is 10.0. The minimum Gasteiger partial charge on any atom is -0.480 e. The van der Waals surface area contributed by atoms with E-state index in [2.05, 4.69) is 20.6 Å². The van der Waals surface area contributed by atoms with Crippen LogP contribution in [-0.2, 0) is 20.8 Å². The van der Waals surface area contributed by atoms with Gasteiger partial charge in [0.05, 0.1) is 12.4 Å². The van der Waals surface area contributed by atoms with Crippen molar-refractivity contribution in [1.82, 2.24) is 20.6 Å². The van der Waals surface area contributed by atoms with E-state index in [1.165, 1.54) is 18.1 Å². The van der Waals surface area contributed by atoms with Crippen LogP contribution in [0.3, 0.4) is 0 Å². The summed E-state index contributed by atoms with van der Waals surface area (Å²) in [4.78, 5) is 43.2. The fourth-order valence-corrected chi connectivity index (χ4v) is 2.96. The molecule has 0 aliphatic rings. The maximum atomic E-state index is 12.7. The van der Waals surface area contributed by atoms with Crippen molar-refractivity contribution in [3.63, 3.8) is 0 Å². The molecule has 0 saturated heterocycles. The number of carboxylic acids is 1. The van der Waals surface area contributed by atoms with Crippen molar-refractivity contribution >= 4 is 29.5 Å². The molecule has 27 heavy (non-hydrogen) atoms. The van der Waals surface area contributed by atoms with E-state index in [0.717, 1.165) is 0 Å². The number of carboxylic acid groups (broad SMARTS) is 1. The SMILES string of the molecule is CSCCC(NC(=O)C(Cc1cnc[nH]1)NC(=O)C(N)CC(C)C)C(=O)O. The molecule has 3 unspecified atom stereocenters. The average molecular weight is 400 g/mol. The quantitative estimate of drug-likeness (QED) is 0.335. The van der Waals surface area contributed by atoms with E-state index < -0.39 is 35.9 Å². The lowest BCUT2D eigenvalue weighted by molar-refractivity contribution is -0.142. The van der Waals surface area contributed by atoms with E-state index in [1.807, 2.05) is 20.1 Å². The third kappa shape index (κ3) is 8.44. The number of carbonyl (C=O) groups excluding carboxylic acids is 2. The first-order valence-corrected chi connectivity index (χ1v) is 10.2. The first-order valence-electron chi connectivity index (χ1n) is 8.79. The predicted octanol–water partition coefficient (Wildman–Crippen LogP) is 0.133. The molecule has 0 saturated carbocycles. The zero-order chi connectivity index (χ0) is 20.4. The number of carbonyl (C=O) groups is 3. The molecular weight excluding hydrogens is 370 g/mol. The van der Waals surface area contributed by atoms with Crippen LogP contribution in [0, 0.1) is 5.92 Å². The second kappa shape index (κ2) is 11.6. The monoisotopic (exact) mass is 399 g/mol. The van der Waals surface area contributed by atoms with Gasteiger partial charge in [-0.25, -0.2) is 9.78 Å². The highest BCUT2D eigenvalue weighted by molar-refractivity contribution is 7.98. The number of H-pyrrole nitrogens is 1. The van der Waals surface area contributed by atoms with Gasteiger partial charge in [0.2, 0.25) is 11.8 Å². The van der Waals surface area contributed by atoms with Crippen LogP contribution in [0.2, 0.25) is 0 Å². The van der Waals surface area contributed by atoms with Crippen molar-refractivity contribution in [2.45, 2.75) is 51.2 Å². The molecule has 0 aliphatic carbocycles. The minimum absolute atomic E-state index is 0.154. The van der Waals surface area contributed by atoms with Gasteiger partial charge >= 0.3 is 5.97 Å². The standard InChI is InChI=1S/C17H29N5O4S/c1-10(2)6-12(18)15(23)22-14(7-11-8-19-9-20-11)16(24)21-13(17(25)26)4-5-27-3/h8-10,12-14H,4-7,18H2,1-3H3,(H,19,20)(H,21,24)(H,22,23)(H,25,26). The van der Waals surface area contributed by atoms with Crippen LogP contribution < -0.4 is 16.4 Å². The molecule has 0 bridgehead atoms. The summed E-state index contributed by atoms with van der Waals surface area (Å²) in [5.41, 5.74) is 6.54. The van der Waals surface area contributed by atoms with Crippen LogP contribution in [0.5, 0.6) is 0 Å². The third-order valence-corrected chi connectivity index (χ3v) is 4.54. The maximum Gasteiger partial charge on any atom is 0.326 e. The van der Waals surface area contributed by atoms with Crippen molar-refractivity contribution in [2.75, 3.05) is 12.0 Å². The molecule has 0 aromatic carbocycles. The first kappa shape index (κ1) is 23.0. The molecule has 152 valence electrons. The normalized spacial score (nSPS) is 14.4. The van der Waals surface area contributed by atoms with Crippen LogP contribution in [0.25, 0.3) is 0 Å². The zero-order valence-corrected chi connectivity index (χ0v) is 16.7. The minimum atomic E-state index is -1.11. The summed E-state index contributed by atoms with van der Waals surface area (Å²) in [6, 6.07) is -2.71. The topological polar surface area (TPSA) is 150 Å². The number of nitrogens with one attached hydrogen (secondary N) is 3. The number of hydrogen-bond donors (Lipinski definition) is 5. The van der Waals surface area contributed by atoms with Crippen molar-refractivity contribution in [2.24, 2.45) is 11.7 Å². The Balaban J connectivity index is 2.84. The number of aromatic amines is 1. The Kier molecular flexibility index (Phi) is 9.87. The number of aromatic nitrogens is 2. The highest BCUT2D eigenvalue weighted by atomic mass is 32.2. The highest BCUT2D eigenvalue weighted by Crippen LogP contribution is 2.06. The first-order chi connectivity index (χ1) is 12.7. The average Bonchev–Trinajstić information content (AvgIpc) is 3.09. The number of amides is 2. The summed E-state index contributed by atoms with van der Waals surface area (Å²) in [6.45, 7) is 3.90. The van der Waals surface area contributed by atoms with Crippen LogP contribution in [0.4, 0.5) is 0 Å². The summed E-state index contributed by atoms with van der Waals surface area (Å²) >= 11 is 1.49. The van der Waals surface area contributed by atoms with E-state index in [-0.39, 0.29) is 12.3 Å². The van der Waals surface area contributed by atoms with Gasteiger partial charge in [-0.15, -0.1) is 0 Å². The number of nitrogens with zero attached hydrogens (tertiary/aromatic N) is 1. The lowest BCUT2D eigenvalue weighted by Gasteiger charge is -2.23. The van der Waals surface area contributed by atoms with Crippen molar-refractivity contribution in [3.8, 4) is 0 Å². The van der Waals surface area contributed by atoms with E-state index in [4.69, 9.17) is 5.73 Å². The number of nitrogens with two attached hydrogens (primary N) is 1. The van der Waals surface area contributed by atoms with Gasteiger partial charge in [-0.05, 0) is 30.8 Å². The summed E-state index contributed by atoms with van der Waals surface area (Å²) in [5, 5.41) is 14.5. The van der Waals surface area contributed by atoms with Crippen molar-refractivity contribution in [1.29, 1.82) is 0 Å². The predicted molar refractivity (Wildman–Crippen MR) is 104 cm³/mol.